The number of rotatable bonds is 3. The maximum atomic E-state index is 6.11. The monoisotopic (exact) mass is 326 g/mol. The van der Waals surface area contributed by atoms with Crippen LogP contribution in [-0.4, -0.2) is 42.4 Å². The number of nitrogens with zero attached hydrogens (tertiary/aromatic N) is 7. The fourth-order valence-electron chi connectivity index (χ4n) is 3.49. The zero-order chi connectivity index (χ0) is 16.7. The highest BCUT2D eigenvalue weighted by Gasteiger charge is 2.25. The molecule has 0 spiro atoms. The van der Waals surface area contributed by atoms with Crippen molar-refractivity contribution >= 4 is 22.8 Å². The molecule has 3 aromatic heterocycles. The van der Waals surface area contributed by atoms with Crippen LogP contribution in [0, 0.1) is 0 Å². The van der Waals surface area contributed by atoms with E-state index < -0.39 is 0 Å². The Morgan fingerprint density at radius 3 is 3.04 bits per heavy atom. The third-order valence-electron chi connectivity index (χ3n) is 4.75. The first-order valence-electron chi connectivity index (χ1n) is 8.39. The molecule has 2 N–H and O–H groups in total. The van der Waals surface area contributed by atoms with Gasteiger partial charge >= 0.3 is 0 Å². The van der Waals surface area contributed by atoms with E-state index in [2.05, 4.69) is 42.6 Å². The van der Waals surface area contributed by atoms with E-state index in [9.17, 15) is 0 Å². The molecule has 0 radical (unpaired) electrons. The van der Waals surface area contributed by atoms with Crippen LogP contribution in [0.4, 0.5) is 11.8 Å². The molecule has 0 amide bonds. The minimum atomic E-state index is 0.392. The highest BCUT2D eigenvalue weighted by atomic mass is 15.3. The summed E-state index contributed by atoms with van der Waals surface area (Å²) in [5, 5.41) is 5.03. The van der Waals surface area contributed by atoms with E-state index in [0.717, 1.165) is 49.2 Å². The Balaban J connectivity index is 1.66. The van der Waals surface area contributed by atoms with Crippen molar-refractivity contribution in [3.63, 3.8) is 0 Å². The number of anilines is 2. The van der Waals surface area contributed by atoms with E-state index in [4.69, 9.17) is 5.73 Å². The van der Waals surface area contributed by atoms with Gasteiger partial charge in [-0.1, -0.05) is 6.92 Å². The molecule has 4 heterocycles. The summed E-state index contributed by atoms with van der Waals surface area (Å²) in [5.41, 5.74) is 6.88. The second kappa shape index (κ2) is 5.77. The minimum Gasteiger partial charge on any atom is -0.383 e. The molecule has 0 aromatic carbocycles. The summed E-state index contributed by atoms with van der Waals surface area (Å²) in [7, 11) is 1.87. The Hall–Kier alpha value is -2.64. The van der Waals surface area contributed by atoms with Crippen molar-refractivity contribution in [2.24, 2.45) is 7.05 Å². The van der Waals surface area contributed by atoms with E-state index >= 15 is 0 Å². The molecule has 1 aliphatic rings. The molecule has 0 saturated carbocycles. The summed E-state index contributed by atoms with van der Waals surface area (Å²) >= 11 is 0. The first kappa shape index (κ1) is 14.9. The summed E-state index contributed by atoms with van der Waals surface area (Å²) in [4.78, 5) is 15.9. The van der Waals surface area contributed by atoms with Crippen LogP contribution in [0.25, 0.3) is 11.0 Å². The number of nitrogen functional groups attached to an aromatic ring is 1. The fraction of sp³-hybridized carbons (Fsp3) is 0.500. The van der Waals surface area contributed by atoms with Gasteiger partial charge in [0.15, 0.2) is 5.65 Å². The van der Waals surface area contributed by atoms with Crippen LogP contribution < -0.4 is 10.6 Å². The lowest BCUT2D eigenvalue weighted by Gasteiger charge is -2.34. The van der Waals surface area contributed by atoms with Crippen LogP contribution in [-0.2, 0) is 13.5 Å². The zero-order valence-electron chi connectivity index (χ0n) is 14.1. The highest BCUT2D eigenvalue weighted by Crippen LogP contribution is 2.27. The lowest BCUT2D eigenvalue weighted by molar-refractivity contribution is 0.393. The van der Waals surface area contributed by atoms with E-state index in [0.29, 0.717) is 17.8 Å². The number of aromatic nitrogens is 6. The number of hydrogen-bond donors (Lipinski definition) is 1. The summed E-state index contributed by atoms with van der Waals surface area (Å²) in [5.74, 6) is 2.30. The molecule has 1 fully saturated rings. The van der Waals surface area contributed by atoms with Crippen molar-refractivity contribution in [2.75, 3.05) is 23.7 Å². The quantitative estimate of drug-likeness (QED) is 0.785. The summed E-state index contributed by atoms with van der Waals surface area (Å²) in [6, 6.07) is 0.392. The average molecular weight is 326 g/mol. The van der Waals surface area contributed by atoms with Crippen molar-refractivity contribution in [2.45, 2.75) is 32.2 Å². The van der Waals surface area contributed by atoms with Crippen molar-refractivity contribution < 1.29 is 0 Å². The predicted octanol–water partition coefficient (Wildman–Crippen LogP) is 1.55. The second-order valence-electron chi connectivity index (χ2n) is 6.26. The molecular weight excluding hydrogens is 304 g/mol. The van der Waals surface area contributed by atoms with E-state index in [1.807, 2.05) is 13.2 Å². The molecule has 1 saturated heterocycles. The molecule has 1 aliphatic heterocycles. The molecule has 0 bridgehead atoms. The number of hydrogen-bond acceptors (Lipinski definition) is 6. The Kier molecular flexibility index (Phi) is 3.59. The van der Waals surface area contributed by atoms with Gasteiger partial charge in [-0.15, -0.1) is 0 Å². The van der Waals surface area contributed by atoms with Gasteiger partial charge in [0.05, 0.1) is 17.6 Å². The largest absolute Gasteiger partial charge is 0.383 e. The predicted molar refractivity (Wildman–Crippen MR) is 92.8 cm³/mol. The molecule has 0 unspecified atom stereocenters. The van der Waals surface area contributed by atoms with Crippen LogP contribution in [0.2, 0.25) is 0 Å². The van der Waals surface area contributed by atoms with Crippen LogP contribution in [0.3, 0.4) is 0 Å². The molecule has 4 rings (SSSR count). The Labute approximate surface area is 140 Å². The summed E-state index contributed by atoms with van der Waals surface area (Å²) < 4.78 is 4.03. The van der Waals surface area contributed by atoms with Gasteiger partial charge in [0.2, 0.25) is 5.95 Å². The second-order valence-corrected chi connectivity index (χ2v) is 6.26. The lowest BCUT2D eigenvalue weighted by atomic mass is 10.1. The normalized spacial score (nSPS) is 18.4. The first-order valence-corrected chi connectivity index (χ1v) is 8.39. The Morgan fingerprint density at radius 1 is 1.33 bits per heavy atom. The van der Waals surface area contributed by atoms with E-state index in [1.165, 1.54) is 0 Å². The smallest absolute Gasteiger partial charge is 0.229 e. The number of aryl methyl sites for hydroxylation is 2. The lowest BCUT2D eigenvalue weighted by Crippen LogP contribution is -2.38. The maximum absolute atomic E-state index is 6.11. The van der Waals surface area contributed by atoms with Crippen LogP contribution >= 0.6 is 0 Å². The van der Waals surface area contributed by atoms with Gasteiger partial charge in [0.1, 0.15) is 11.6 Å². The van der Waals surface area contributed by atoms with Gasteiger partial charge in [-0.05, 0) is 12.8 Å². The molecular formula is C16H22N8. The minimum absolute atomic E-state index is 0.392. The van der Waals surface area contributed by atoms with Crippen LogP contribution in [0.15, 0.2) is 18.6 Å². The zero-order valence-corrected chi connectivity index (χ0v) is 14.1. The SMILES string of the molecule is CCc1nccn1[C@@H]1CCCN(c2nc(N)c3cnn(C)c3n2)C1. The first-order chi connectivity index (χ1) is 11.7. The maximum Gasteiger partial charge on any atom is 0.229 e. The highest BCUT2D eigenvalue weighted by molar-refractivity contribution is 5.86. The van der Waals surface area contributed by atoms with E-state index in [1.54, 1.807) is 10.9 Å². The van der Waals surface area contributed by atoms with Gasteiger partial charge in [-0.2, -0.15) is 15.1 Å². The molecule has 1 atom stereocenters. The molecule has 0 aliphatic carbocycles. The number of imidazole rings is 1. The standard InChI is InChI=1S/C16H22N8/c1-3-13-18-6-8-24(13)11-5-4-7-23(10-11)16-20-14(17)12-9-19-22(2)15(12)21-16/h6,8-9,11H,3-5,7,10H2,1-2H3,(H2,17,20,21)/t11-/m1/s1. The van der Waals surface area contributed by atoms with Crippen molar-refractivity contribution in [3.8, 4) is 0 Å². The molecule has 126 valence electrons. The van der Waals surface area contributed by atoms with Gasteiger partial charge in [0.25, 0.3) is 0 Å². The van der Waals surface area contributed by atoms with Crippen molar-refractivity contribution in [1.82, 2.24) is 29.3 Å². The number of nitrogens with two attached hydrogens (primary N) is 1. The fourth-order valence-corrected chi connectivity index (χ4v) is 3.49. The third-order valence-corrected chi connectivity index (χ3v) is 4.75. The van der Waals surface area contributed by atoms with Gasteiger partial charge < -0.3 is 15.2 Å². The van der Waals surface area contributed by atoms with E-state index in [-0.39, 0.29) is 0 Å². The number of fused-ring (bicyclic) bond motifs is 1. The van der Waals surface area contributed by atoms with Crippen LogP contribution in [0.5, 0.6) is 0 Å². The average Bonchev–Trinajstić information content (AvgIpc) is 3.22. The summed E-state index contributed by atoms with van der Waals surface area (Å²) in [6.07, 6.45) is 8.85. The van der Waals surface area contributed by atoms with Crippen LogP contribution in [0.1, 0.15) is 31.6 Å². The molecule has 3 aromatic rings. The van der Waals surface area contributed by atoms with Crippen molar-refractivity contribution in [1.29, 1.82) is 0 Å². The van der Waals surface area contributed by atoms with Gasteiger partial charge in [-0.25, -0.2) is 4.98 Å². The molecule has 24 heavy (non-hydrogen) atoms. The third kappa shape index (κ3) is 2.38. The van der Waals surface area contributed by atoms with Gasteiger partial charge in [-0.3, -0.25) is 4.68 Å². The van der Waals surface area contributed by atoms with Gasteiger partial charge in [0, 0.05) is 39.0 Å². The Bertz CT molecular complexity index is 864. The topological polar surface area (TPSA) is 90.7 Å². The Morgan fingerprint density at radius 2 is 2.21 bits per heavy atom. The summed E-state index contributed by atoms with van der Waals surface area (Å²) in [6.45, 7) is 3.95. The number of piperidine rings is 1. The molecule has 8 nitrogen and oxygen atoms in total. The van der Waals surface area contributed by atoms with Crippen molar-refractivity contribution in [3.05, 3.63) is 24.4 Å². The molecule has 8 heteroatoms.